The summed E-state index contributed by atoms with van der Waals surface area (Å²) in [5.41, 5.74) is 0.594. The Bertz CT molecular complexity index is 642. The van der Waals surface area contributed by atoms with Gasteiger partial charge in [0.05, 0.1) is 11.8 Å². The Balaban J connectivity index is 1.82. The van der Waals surface area contributed by atoms with Gasteiger partial charge >= 0.3 is 5.97 Å². The Morgan fingerprint density at radius 1 is 1.15 bits per heavy atom. The number of carboxylic acids is 1. The van der Waals surface area contributed by atoms with Gasteiger partial charge in [-0.15, -0.1) is 11.3 Å². The molecule has 27 heavy (non-hydrogen) atoms. The van der Waals surface area contributed by atoms with Crippen molar-refractivity contribution in [1.29, 1.82) is 0 Å². The zero-order chi connectivity index (χ0) is 19.4. The Kier molecular flexibility index (Phi) is 6.93. The van der Waals surface area contributed by atoms with Gasteiger partial charge in [0, 0.05) is 18.6 Å². The van der Waals surface area contributed by atoms with Crippen molar-refractivity contribution in [3.8, 4) is 0 Å². The number of thiophene rings is 1. The molecule has 1 aromatic rings. The van der Waals surface area contributed by atoms with Crippen LogP contribution in [0.2, 0.25) is 0 Å². The van der Waals surface area contributed by atoms with Crippen LogP contribution in [0.1, 0.15) is 74.9 Å². The van der Waals surface area contributed by atoms with Crippen molar-refractivity contribution in [1.82, 2.24) is 0 Å². The molecule has 0 radical (unpaired) electrons. The first-order valence-electron chi connectivity index (χ1n) is 10.3. The van der Waals surface area contributed by atoms with E-state index in [2.05, 4.69) is 6.92 Å². The second-order valence-electron chi connectivity index (χ2n) is 7.99. The third-order valence-electron chi connectivity index (χ3n) is 6.11. The van der Waals surface area contributed by atoms with Crippen molar-refractivity contribution in [2.45, 2.75) is 77.4 Å². The quantitative estimate of drug-likeness (QED) is 0.742. The number of nitrogens with zero attached hydrogens (tertiary/aromatic N) is 1. The molecule has 2 aliphatic carbocycles. The van der Waals surface area contributed by atoms with Gasteiger partial charge in [-0.2, -0.15) is 0 Å². The third kappa shape index (κ3) is 4.72. The van der Waals surface area contributed by atoms with E-state index in [9.17, 15) is 14.7 Å². The summed E-state index contributed by atoms with van der Waals surface area (Å²) in [5, 5.41) is 11.4. The summed E-state index contributed by atoms with van der Waals surface area (Å²) in [6.45, 7) is 4.97. The van der Waals surface area contributed by atoms with Crippen LogP contribution in [0.25, 0.3) is 0 Å². The van der Waals surface area contributed by atoms with Crippen molar-refractivity contribution in [2.75, 3.05) is 11.5 Å². The fraction of sp³-hybridized carbons (Fsp3) is 0.714. The number of aromatic carboxylic acids is 1. The van der Waals surface area contributed by atoms with Crippen LogP contribution in [0, 0.1) is 11.8 Å². The number of carbonyl (C=O) groups excluding carboxylic acids is 1. The molecule has 0 bridgehead atoms. The molecule has 1 heterocycles. The highest BCUT2D eigenvalue weighted by atomic mass is 32.1. The lowest BCUT2D eigenvalue weighted by Gasteiger charge is -2.39. The molecule has 2 saturated carbocycles. The Morgan fingerprint density at radius 3 is 2.41 bits per heavy atom. The predicted octanol–water partition coefficient (Wildman–Crippen LogP) is 4.95. The second kappa shape index (κ2) is 9.20. The van der Waals surface area contributed by atoms with Gasteiger partial charge < -0.3 is 14.7 Å². The zero-order valence-corrected chi connectivity index (χ0v) is 17.2. The largest absolute Gasteiger partial charge is 0.477 e. The molecule has 1 aromatic heterocycles. The van der Waals surface area contributed by atoms with Gasteiger partial charge in [-0.05, 0) is 75.7 Å². The van der Waals surface area contributed by atoms with Crippen molar-refractivity contribution in [3.05, 3.63) is 16.3 Å². The van der Waals surface area contributed by atoms with Crippen molar-refractivity contribution >= 4 is 28.9 Å². The number of ether oxygens (including phenoxy) is 1. The minimum atomic E-state index is -0.946. The average molecular weight is 394 g/mol. The Hall–Kier alpha value is -1.40. The molecule has 1 N–H and O–H groups in total. The van der Waals surface area contributed by atoms with Gasteiger partial charge in [-0.25, -0.2) is 4.79 Å². The fourth-order valence-corrected chi connectivity index (χ4v) is 5.28. The minimum absolute atomic E-state index is 0.0207. The molecule has 2 fully saturated rings. The molecular weight excluding hydrogens is 362 g/mol. The summed E-state index contributed by atoms with van der Waals surface area (Å²) < 4.78 is 5.76. The maximum Gasteiger partial charge on any atom is 0.348 e. The van der Waals surface area contributed by atoms with Crippen LogP contribution in [0.15, 0.2) is 11.4 Å². The average Bonchev–Trinajstić information content (AvgIpc) is 3.14. The molecule has 150 valence electrons. The van der Waals surface area contributed by atoms with E-state index in [4.69, 9.17) is 4.74 Å². The summed E-state index contributed by atoms with van der Waals surface area (Å²) in [6.07, 6.45) is 7.85. The number of rotatable bonds is 6. The van der Waals surface area contributed by atoms with Crippen LogP contribution in [0.4, 0.5) is 5.69 Å². The van der Waals surface area contributed by atoms with Gasteiger partial charge in [0.15, 0.2) is 0 Å². The number of amides is 1. The zero-order valence-electron chi connectivity index (χ0n) is 16.4. The SMILES string of the molecule is CCOC1CCC(N(C(=O)C2CCC(C)CC2)c2ccsc2C(=O)O)CC1. The molecule has 5 nitrogen and oxygen atoms in total. The van der Waals surface area contributed by atoms with Crippen LogP contribution in [0.3, 0.4) is 0 Å². The number of hydrogen-bond donors (Lipinski definition) is 1. The molecule has 6 heteroatoms. The predicted molar refractivity (Wildman–Crippen MR) is 108 cm³/mol. The molecule has 1 amide bonds. The summed E-state index contributed by atoms with van der Waals surface area (Å²) in [5.74, 6) is -0.118. The molecule has 0 saturated heterocycles. The molecule has 0 unspecified atom stereocenters. The lowest BCUT2D eigenvalue weighted by molar-refractivity contribution is -0.124. The smallest absolute Gasteiger partial charge is 0.348 e. The molecular formula is C21H31NO4S. The number of carbonyl (C=O) groups is 2. The number of hydrogen-bond acceptors (Lipinski definition) is 4. The minimum Gasteiger partial charge on any atom is -0.477 e. The van der Waals surface area contributed by atoms with Gasteiger partial charge in [-0.1, -0.05) is 6.92 Å². The van der Waals surface area contributed by atoms with Crippen LogP contribution in [-0.2, 0) is 9.53 Å². The topological polar surface area (TPSA) is 66.8 Å². The van der Waals surface area contributed by atoms with Crippen molar-refractivity contribution < 1.29 is 19.4 Å². The van der Waals surface area contributed by atoms with E-state index >= 15 is 0 Å². The summed E-state index contributed by atoms with van der Waals surface area (Å²) in [6, 6.07) is 1.88. The highest BCUT2D eigenvalue weighted by molar-refractivity contribution is 7.12. The van der Waals surface area contributed by atoms with E-state index in [0.29, 0.717) is 18.2 Å². The molecule has 0 aliphatic heterocycles. The lowest BCUT2D eigenvalue weighted by Crippen LogP contribution is -2.47. The number of carboxylic acid groups (broad SMARTS) is 1. The molecule has 0 atom stereocenters. The van der Waals surface area contributed by atoms with Crippen LogP contribution in [0.5, 0.6) is 0 Å². The molecule has 0 aromatic carbocycles. The maximum absolute atomic E-state index is 13.5. The van der Waals surface area contributed by atoms with E-state index < -0.39 is 5.97 Å². The second-order valence-corrected chi connectivity index (χ2v) is 8.91. The van der Waals surface area contributed by atoms with E-state index in [1.165, 1.54) is 11.3 Å². The number of anilines is 1. The molecule has 3 rings (SSSR count). The first kappa shape index (κ1) is 20.3. The highest BCUT2D eigenvalue weighted by Gasteiger charge is 2.37. The van der Waals surface area contributed by atoms with Gasteiger partial charge in [-0.3, -0.25) is 4.79 Å². The Labute approximate surface area is 165 Å². The van der Waals surface area contributed by atoms with Gasteiger partial charge in [0.2, 0.25) is 5.91 Å². The molecule has 0 spiro atoms. The normalized spacial score (nSPS) is 28.7. The van der Waals surface area contributed by atoms with Crippen molar-refractivity contribution in [2.24, 2.45) is 11.8 Å². The van der Waals surface area contributed by atoms with Gasteiger partial charge in [0.25, 0.3) is 0 Å². The lowest BCUT2D eigenvalue weighted by atomic mass is 9.81. The summed E-state index contributed by atoms with van der Waals surface area (Å²) in [4.78, 5) is 27.3. The van der Waals surface area contributed by atoms with Crippen molar-refractivity contribution in [3.63, 3.8) is 0 Å². The first-order valence-corrected chi connectivity index (χ1v) is 11.1. The third-order valence-corrected chi connectivity index (χ3v) is 7.00. The van der Waals surface area contributed by atoms with Crippen LogP contribution < -0.4 is 4.90 Å². The summed E-state index contributed by atoms with van der Waals surface area (Å²) >= 11 is 1.20. The monoisotopic (exact) mass is 393 g/mol. The van der Waals surface area contributed by atoms with E-state index in [1.807, 2.05) is 17.9 Å². The first-order chi connectivity index (χ1) is 13.0. The standard InChI is InChI=1S/C21H31NO4S/c1-3-26-17-10-8-16(9-11-17)22(18-12-13-27-19(18)21(24)25)20(23)15-6-4-14(2)5-7-15/h12-17H,3-11H2,1-2H3,(H,24,25). The van der Waals surface area contributed by atoms with Crippen LogP contribution in [-0.4, -0.2) is 35.7 Å². The maximum atomic E-state index is 13.5. The van der Waals surface area contributed by atoms with Crippen LogP contribution >= 0.6 is 11.3 Å². The van der Waals surface area contributed by atoms with E-state index in [-0.39, 0.29) is 28.8 Å². The Morgan fingerprint density at radius 2 is 1.81 bits per heavy atom. The van der Waals surface area contributed by atoms with E-state index in [0.717, 1.165) is 51.4 Å². The summed E-state index contributed by atoms with van der Waals surface area (Å²) in [7, 11) is 0. The van der Waals surface area contributed by atoms with E-state index in [1.54, 1.807) is 5.38 Å². The fourth-order valence-electron chi connectivity index (χ4n) is 4.56. The van der Waals surface area contributed by atoms with Gasteiger partial charge in [0.1, 0.15) is 4.88 Å². The molecule has 2 aliphatic rings. The highest BCUT2D eigenvalue weighted by Crippen LogP contribution is 2.37.